The van der Waals surface area contributed by atoms with E-state index in [1.165, 1.54) is 6.08 Å². The van der Waals surface area contributed by atoms with Gasteiger partial charge in [0, 0.05) is 6.61 Å². The Morgan fingerprint density at radius 3 is 3.08 bits per heavy atom. The van der Waals surface area contributed by atoms with E-state index in [0.717, 1.165) is 19.4 Å². The third-order valence-corrected chi connectivity index (χ3v) is 1.91. The number of carbonyl (C=O) groups is 1. The van der Waals surface area contributed by atoms with Crippen LogP contribution in [0.4, 0.5) is 0 Å². The van der Waals surface area contributed by atoms with Gasteiger partial charge in [0.1, 0.15) is 6.61 Å². The normalized spacial score (nSPS) is 23.2. The highest BCUT2D eigenvalue weighted by Crippen LogP contribution is 2.12. The van der Waals surface area contributed by atoms with Crippen molar-refractivity contribution >= 4 is 5.97 Å². The number of allylic oxidation sites excluding steroid dienone is 1. The molecule has 1 N–H and O–H groups in total. The Morgan fingerprint density at radius 2 is 2.54 bits per heavy atom. The fourth-order valence-electron chi connectivity index (χ4n) is 1.14. The van der Waals surface area contributed by atoms with E-state index in [-0.39, 0.29) is 18.5 Å². The van der Waals surface area contributed by atoms with Gasteiger partial charge in [-0.3, -0.25) is 0 Å². The van der Waals surface area contributed by atoms with Crippen molar-refractivity contribution in [1.29, 1.82) is 0 Å². The highest BCUT2D eigenvalue weighted by Gasteiger charge is 2.18. The van der Waals surface area contributed by atoms with Crippen LogP contribution in [0.3, 0.4) is 0 Å². The lowest BCUT2D eigenvalue weighted by molar-refractivity contribution is -0.145. The van der Waals surface area contributed by atoms with Crippen molar-refractivity contribution in [1.82, 2.24) is 0 Å². The minimum absolute atomic E-state index is 0.00797. The first-order valence-corrected chi connectivity index (χ1v) is 4.38. The lowest BCUT2D eigenvalue weighted by Gasteiger charge is -2.09. The van der Waals surface area contributed by atoms with E-state index < -0.39 is 5.97 Å². The number of hydrogen-bond donors (Lipinski definition) is 1. The van der Waals surface area contributed by atoms with Crippen LogP contribution in [0.5, 0.6) is 0 Å². The summed E-state index contributed by atoms with van der Waals surface area (Å²) in [5.41, 5.74) is 0. The molecule has 0 aliphatic carbocycles. The summed E-state index contributed by atoms with van der Waals surface area (Å²) in [6.45, 7) is 2.54. The molecule has 1 aliphatic rings. The molecular formula is C9H14O4. The number of aliphatic hydroxyl groups is 1. The lowest BCUT2D eigenvalue weighted by Crippen LogP contribution is -2.18. The maximum absolute atomic E-state index is 10.9. The maximum Gasteiger partial charge on any atom is 0.373 e. The van der Waals surface area contributed by atoms with Gasteiger partial charge < -0.3 is 14.6 Å². The number of esters is 1. The van der Waals surface area contributed by atoms with E-state index in [1.54, 1.807) is 6.92 Å². The number of aliphatic hydroxyl groups excluding tert-OH is 1. The van der Waals surface area contributed by atoms with Crippen LogP contribution in [0.25, 0.3) is 0 Å². The molecule has 0 aromatic carbocycles. The third kappa shape index (κ3) is 3.06. The first-order chi connectivity index (χ1) is 6.24. The maximum atomic E-state index is 10.9. The van der Waals surface area contributed by atoms with Crippen molar-refractivity contribution in [2.75, 3.05) is 13.2 Å². The van der Waals surface area contributed by atoms with Crippen LogP contribution in [0.1, 0.15) is 19.8 Å². The molecule has 0 spiro atoms. The standard InChI is InChI=1S/C9H14O4/c1-2-8(10)9(11)13-6-7-4-3-5-12-7/h2,7,10H,3-6H2,1H3. The highest BCUT2D eigenvalue weighted by atomic mass is 16.6. The second kappa shape index (κ2) is 4.87. The minimum Gasteiger partial charge on any atom is -0.502 e. The second-order valence-corrected chi connectivity index (χ2v) is 2.91. The van der Waals surface area contributed by atoms with Crippen LogP contribution in [0.2, 0.25) is 0 Å². The van der Waals surface area contributed by atoms with Crippen LogP contribution in [0, 0.1) is 0 Å². The van der Waals surface area contributed by atoms with Crippen LogP contribution >= 0.6 is 0 Å². The molecule has 1 atom stereocenters. The molecule has 1 heterocycles. The Kier molecular flexibility index (Phi) is 3.76. The fourth-order valence-corrected chi connectivity index (χ4v) is 1.14. The van der Waals surface area contributed by atoms with E-state index >= 15 is 0 Å². The summed E-state index contributed by atoms with van der Waals surface area (Å²) in [6.07, 6.45) is 3.24. The zero-order valence-electron chi connectivity index (χ0n) is 7.66. The molecule has 1 unspecified atom stereocenters. The van der Waals surface area contributed by atoms with E-state index in [1.807, 2.05) is 0 Å². The number of hydrogen-bond acceptors (Lipinski definition) is 4. The summed E-state index contributed by atoms with van der Waals surface area (Å²) < 4.78 is 10.0. The molecule has 13 heavy (non-hydrogen) atoms. The van der Waals surface area contributed by atoms with Gasteiger partial charge in [-0.15, -0.1) is 0 Å². The Balaban J connectivity index is 2.21. The largest absolute Gasteiger partial charge is 0.502 e. The van der Waals surface area contributed by atoms with E-state index in [9.17, 15) is 4.79 Å². The molecule has 4 heteroatoms. The molecule has 0 aromatic heterocycles. The molecule has 1 saturated heterocycles. The average Bonchev–Trinajstić information content (AvgIpc) is 2.65. The van der Waals surface area contributed by atoms with Gasteiger partial charge >= 0.3 is 5.97 Å². The van der Waals surface area contributed by atoms with Crippen LogP contribution < -0.4 is 0 Å². The van der Waals surface area contributed by atoms with Gasteiger partial charge in [-0.1, -0.05) is 0 Å². The molecule has 4 nitrogen and oxygen atoms in total. The summed E-state index contributed by atoms with van der Waals surface area (Å²) in [4.78, 5) is 10.9. The van der Waals surface area contributed by atoms with E-state index in [4.69, 9.17) is 14.6 Å². The van der Waals surface area contributed by atoms with Crippen molar-refractivity contribution < 1.29 is 19.4 Å². The third-order valence-electron chi connectivity index (χ3n) is 1.91. The van der Waals surface area contributed by atoms with Gasteiger partial charge in [0.05, 0.1) is 6.10 Å². The van der Waals surface area contributed by atoms with Gasteiger partial charge in [-0.05, 0) is 25.8 Å². The molecule has 0 saturated carbocycles. The van der Waals surface area contributed by atoms with Crippen molar-refractivity contribution in [2.24, 2.45) is 0 Å². The van der Waals surface area contributed by atoms with Crippen LogP contribution in [-0.4, -0.2) is 30.4 Å². The zero-order valence-corrected chi connectivity index (χ0v) is 7.66. The van der Waals surface area contributed by atoms with Crippen molar-refractivity contribution in [2.45, 2.75) is 25.9 Å². The first kappa shape index (κ1) is 10.1. The summed E-state index contributed by atoms with van der Waals surface area (Å²) in [5.74, 6) is -1.03. The molecule has 1 rings (SSSR count). The minimum atomic E-state index is -0.682. The Hall–Kier alpha value is -1.03. The molecule has 1 fully saturated rings. The summed E-state index contributed by atoms with van der Waals surface area (Å²) in [7, 11) is 0. The van der Waals surface area contributed by atoms with Gasteiger partial charge in [-0.25, -0.2) is 4.79 Å². The second-order valence-electron chi connectivity index (χ2n) is 2.91. The molecule has 0 bridgehead atoms. The number of carbonyl (C=O) groups excluding carboxylic acids is 1. The predicted molar refractivity (Wildman–Crippen MR) is 46.3 cm³/mol. The van der Waals surface area contributed by atoms with Gasteiger partial charge in [0.15, 0.2) is 5.76 Å². The van der Waals surface area contributed by atoms with Crippen LogP contribution in [-0.2, 0) is 14.3 Å². The monoisotopic (exact) mass is 186 g/mol. The van der Waals surface area contributed by atoms with Crippen molar-refractivity contribution in [3.8, 4) is 0 Å². The SMILES string of the molecule is CC=C(O)C(=O)OCC1CCCO1. The molecule has 0 aromatic rings. The van der Waals surface area contributed by atoms with Crippen molar-refractivity contribution in [3.05, 3.63) is 11.8 Å². The predicted octanol–water partition coefficient (Wildman–Crippen LogP) is 1.17. The van der Waals surface area contributed by atoms with Crippen molar-refractivity contribution in [3.63, 3.8) is 0 Å². The van der Waals surface area contributed by atoms with Crippen LogP contribution in [0.15, 0.2) is 11.8 Å². The fraction of sp³-hybridized carbons (Fsp3) is 0.667. The van der Waals surface area contributed by atoms with Gasteiger partial charge in [0.2, 0.25) is 0 Å². The lowest BCUT2D eigenvalue weighted by atomic mass is 10.2. The molecular weight excluding hydrogens is 172 g/mol. The number of ether oxygens (including phenoxy) is 2. The van der Waals surface area contributed by atoms with Gasteiger partial charge in [-0.2, -0.15) is 0 Å². The average molecular weight is 186 g/mol. The molecule has 74 valence electrons. The summed E-state index contributed by atoms with van der Waals surface area (Å²) >= 11 is 0. The first-order valence-electron chi connectivity index (χ1n) is 4.38. The Morgan fingerprint density at radius 1 is 1.77 bits per heavy atom. The highest BCUT2D eigenvalue weighted by molar-refractivity contribution is 5.85. The van der Waals surface area contributed by atoms with E-state index in [0.29, 0.717) is 0 Å². The molecule has 0 amide bonds. The molecule has 1 aliphatic heterocycles. The Bertz CT molecular complexity index is 204. The molecule has 0 radical (unpaired) electrons. The summed E-state index contributed by atoms with van der Waals surface area (Å²) in [5, 5.41) is 8.95. The van der Waals surface area contributed by atoms with Gasteiger partial charge in [0.25, 0.3) is 0 Å². The number of rotatable bonds is 3. The van der Waals surface area contributed by atoms with E-state index in [2.05, 4.69) is 0 Å². The Labute approximate surface area is 77.1 Å². The summed E-state index contributed by atoms with van der Waals surface area (Å²) in [6, 6.07) is 0. The topological polar surface area (TPSA) is 55.8 Å². The smallest absolute Gasteiger partial charge is 0.373 e. The zero-order chi connectivity index (χ0) is 9.68. The quantitative estimate of drug-likeness (QED) is 0.408.